The Kier molecular flexibility index (Phi) is 3.85. The molecule has 3 heteroatoms. The molecule has 2 rings (SSSR count). The van der Waals surface area contributed by atoms with Crippen LogP contribution >= 0.6 is 0 Å². The second kappa shape index (κ2) is 5.28. The number of amides is 1. The maximum absolute atomic E-state index is 12.8. The molecule has 20 heavy (non-hydrogen) atoms. The molecule has 1 heterocycles. The Balaban J connectivity index is 2.11. The van der Waals surface area contributed by atoms with Gasteiger partial charge in [-0.25, -0.2) is 0 Å². The molecule has 0 saturated carbocycles. The molecule has 1 saturated heterocycles. The molecule has 3 nitrogen and oxygen atoms in total. The van der Waals surface area contributed by atoms with Gasteiger partial charge in [-0.1, -0.05) is 30.3 Å². The molecule has 0 aliphatic carbocycles. The van der Waals surface area contributed by atoms with E-state index in [1.807, 2.05) is 56.0 Å². The standard InChI is InChI=1S/C17H22N2O/c1-16(2,14-7-5-4-6-8-14)15(20)19-11-9-17(3,13-18)10-12-19/h4-8H,9-12H2,1-3H3. The average Bonchev–Trinajstić information content (AvgIpc) is 2.48. The second-order valence-corrected chi connectivity index (χ2v) is 6.46. The maximum atomic E-state index is 12.8. The van der Waals surface area contributed by atoms with E-state index < -0.39 is 5.41 Å². The number of benzene rings is 1. The van der Waals surface area contributed by atoms with Gasteiger partial charge < -0.3 is 4.90 Å². The molecule has 1 aromatic rings. The first-order valence-electron chi connectivity index (χ1n) is 7.15. The number of piperidine rings is 1. The average molecular weight is 270 g/mol. The number of hydrogen-bond donors (Lipinski definition) is 0. The van der Waals surface area contributed by atoms with E-state index in [0.717, 1.165) is 18.4 Å². The summed E-state index contributed by atoms with van der Waals surface area (Å²) in [7, 11) is 0. The summed E-state index contributed by atoms with van der Waals surface area (Å²) < 4.78 is 0. The minimum atomic E-state index is -0.512. The molecular formula is C17H22N2O. The van der Waals surface area contributed by atoms with Crippen LogP contribution in [0.15, 0.2) is 30.3 Å². The monoisotopic (exact) mass is 270 g/mol. The van der Waals surface area contributed by atoms with Crippen LogP contribution in [0.25, 0.3) is 0 Å². The highest BCUT2D eigenvalue weighted by Crippen LogP contribution is 2.33. The van der Waals surface area contributed by atoms with Crippen molar-refractivity contribution < 1.29 is 4.79 Å². The number of carbonyl (C=O) groups excluding carboxylic acids is 1. The fourth-order valence-corrected chi connectivity index (χ4v) is 2.69. The van der Waals surface area contributed by atoms with E-state index in [1.165, 1.54) is 0 Å². The summed E-state index contributed by atoms with van der Waals surface area (Å²) in [5.74, 6) is 0.156. The normalized spacial score (nSPS) is 18.4. The fraction of sp³-hybridized carbons (Fsp3) is 0.529. The molecule has 0 unspecified atom stereocenters. The summed E-state index contributed by atoms with van der Waals surface area (Å²) in [6.45, 7) is 7.29. The van der Waals surface area contributed by atoms with E-state index in [0.29, 0.717) is 13.1 Å². The Morgan fingerprint density at radius 2 is 1.80 bits per heavy atom. The minimum absolute atomic E-state index is 0.156. The molecule has 0 atom stereocenters. The van der Waals surface area contributed by atoms with Gasteiger partial charge in [0, 0.05) is 13.1 Å². The highest BCUT2D eigenvalue weighted by molar-refractivity contribution is 5.87. The third-order valence-corrected chi connectivity index (χ3v) is 4.45. The van der Waals surface area contributed by atoms with Crippen molar-refractivity contribution in [3.8, 4) is 6.07 Å². The Morgan fingerprint density at radius 3 is 2.30 bits per heavy atom. The van der Waals surface area contributed by atoms with Crippen molar-refractivity contribution in [2.24, 2.45) is 5.41 Å². The van der Waals surface area contributed by atoms with Crippen molar-refractivity contribution in [2.75, 3.05) is 13.1 Å². The SMILES string of the molecule is CC1(C#N)CCN(C(=O)C(C)(C)c2ccccc2)CC1. The van der Waals surface area contributed by atoms with Crippen molar-refractivity contribution in [2.45, 2.75) is 39.0 Å². The Hall–Kier alpha value is -1.82. The molecule has 0 radical (unpaired) electrons. The quantitative estimate of drug-likeness (QED) is 0.828. The van der Waals surface area contributed by atoms with Gasteiger partial charge in [0.15, 0.2) is 0 Å². The Morgan fingerprint density at radius 1 is 1.25 bits per heavy atom. The first kappa shape index (κ1) is 14.6. The van der Waals surface area contributed by atoms with Gasteiger partial charge in [-0.05, 0) is 39.2 Å². The first-order valence-corrected chi connectivity index (χ1v) is 7.15. The molecule has 1 fully saturated rings. The highest BCUT2D eigenvalue weighted by Gasteiger charge is 2.38. The summed E-state index contributed by atoms with van der Waals surface area (Å²) in [6.07, 6.45) is 1.53. The van der Waals surface area contributed by atoms with Gasteiger partial charge >= 0.3 is 0 Å². The molecule has 1 amide bonds. The molecule has 0 bridgehead atoms. The molecule has 0 N–H and O–H groups in total. The van der Waals surface area contributed by atoms with Crippen molar-refractivity contribution in [1.29, 1.82) is 5.26 Å². The van der Waals surface area contributed by atoms with Crippen LogP contribution in [0.4, 0.5) is 0 Å². The number of likely N-dealkylation sites (tertiary alicyclic amines) is 1. The van der Waals surface area contributed by atoms with Crippen LogP contribution in [0.3, 0.4) is 0 Å². The first-order chi connectivity index (χ1) is 9.39. The molecule has 0 spiro atoms. The lowest BCUT2D eigenvalue weighted by molar-refractivity contribution is -0.138. The van der Waals surface area contributed by atoms with E-state index in [9.17, 15) is 4.79 Å². The maximum Gasteiger partial charge on any atom is 0.232 e. The summed E-state index contributed by atoms with van der Waals surface area (Å²) in [5, 5.41) is 9.16. The van der Waals surface area contributed by atoms with Gasteiger partial charge in [-0.2, -0.15) is 5.26 Å². The molecule has 1 aliphatic heterocycles. The van der Waals surface area contributed by atoms with Crippen LogP contribution in [0, 0.1) is 16.7 Å². The lowest BCUT2D eigenvalue weighted by Crippen LogP contribution is -2.48. The molecule has 106 valence electrons. The van der Waals surface area contributed by atoms with Gasteiger partial charge in [0.1, 0.15) is 0 Å². The predicted octanol–water partition coefficient (Wildman–Crippen LogP) is 3.12. The predicted molar refractivity (Wildman–Crippen MR) is 79.0 cm³/mol. The van der Waals surface area contributed by atoms with Crippen molar-refractivity contribution in [3.05, 3.63) is 35.9 Å². The van der Waals surface area contributed by atoms with Gasteiger partial charge in [-0.15, -0.1) is 0 Å². The van der Waals surface area contributed by atoms with E-state index in [4.69, 9.17) is 5.26 Å². The van der Waals surface area contributed by atoms with Crippen molar-refractivity contribution in [1.82, 2.24) is 4.90 Å². The van der Waals surface area contributed by atoms with Gasteiger partial charge in [0.05, 0.1) is 16.9 Å². The number of nitrogens with zero attached hydrogens (tertiary/aromatic N) is 2. The summed E-state index contributed by atoms with van der Waals surface area (Å²) >= 11 is 0. The van der Waals surface area contributed by atoms with E-state index in [2.05, 4.69) is 6.07 Å². The summed E-state index contributed by atoms with van der Waals surface area (Å²) in [4.78, 5) is 14.7. The smallest absolute Gasteiger partial charge is 0.232 e. The Bertz CT molecular complexity index is 520. The van der Waals surface area contributed by atoms with Crippen LogP contribution in [0.2, 0.25) is 0 Å². The lowest BCUT2D eigenvalue weighted by Gasteiger charge is -2.39. The van der Waals surface area contributed by atoms with Gasteiger partial charge in [0.25, 0.3) is 0 Å². The van der Waals surface area contributed by atoms with Crippen LogP contribution in [0.5, 0.6) is 0 Å². The third-order valence-electron chi connectivity index (χ3n) is 4.45. The van der Waals surface area contributed by atoms with Crippen molar-refractivity contribution >= 4 is 5.91 Å². The molecule has 1 aliphatic rings. The minimum Gasteiger partial charge on any atom is -0.342 e. The molecule has 1 aromatic carbocycles. The van der Waals surface area contributed by atoms with Crippen LogP contribution in [-0.2, 0) is 10.2 Å². The van der Waals surface area contributed by atoms with Crippen molar-refractivity contribution in [3.63, 3.8) is 0 Å². The third kappa shape index (κ3) is 2.70. The summed E-state index contributed by atoms with van der Waals surface area (Å²) in [5.41, 5.74) is 0.258. The van der Waals surface area contributed by atoms with E-state index in [1.54, 1.807) is 0 Å². The number of rotatable bonds is 2. The zero-order valence-corrected chi connectivity index (χ0v) is 12.5. The van der Waals surface area contributed by atoms with Gasteiger partial charge in [-0.3, -0.25) is 4.79 Å². The van der Waals surface area contributed by atoms with Gasteiger partial charge in [0.2, 0.25) is 5.91 Å². The number of nitriles is 1. The Labute approximate surface area is 121 Å². The highest BCUT2D eigenvalue weighted by atomic mass is 16.2. The van der Waals surface area contributed by atoms with Crippen LogP contribution in [-0.4, -0.2) is 23.9 Å². The van der Waals surface area contributed by atoms with Crippen LogP contribution < -0.4 is 0 Å². The van der Waals surface area contributed by atoms with E-state index >= 15 is 0 Å². The topological polar surface area (TPSA) is 44.1 Å². The second-order valence-electron chi connectivity index (χ2n) is 6.46. The zero-order valence-electron chi connectivity index (χ0n) is 12.5. The fourth-order valence-electron chi connectivity index (χ4n) is 2.69. The largest absolute Gasteiger partial charge is 0.342 e. The number of carbonyl (C=O) groups is 1. The summed E-state index contributed by atoms with van der Waals surface area (Å²) in [6, 6.07) is 12.3. The molecular weight excluding hydrogens is 248 g/mol. The van der Waals surface area contributed by atoms with Crippen LogP contribution in [0.1, 0.15) is 39.2 Å². The lowest BCUT2D eigenvalue weighted by atomic mass is 9.79. The van der Waals surface area contributed by atoms with E-state index in [-0.39, 0.29) is 11.3 Å². The molecule has 0 aromatic heterocycles. The number of hydrogen-bond acceptors (Lipinski definition) is 2. The zero-order chi connectivity index (χ0) is 14.8.